The molecule has 0 aliphatic heterocycles. The van der Waals surface area contributed by atoms with E-state index in [9.17, 15) is 8.42 Å². The van der Waals surface area contributed by atoms with Gasteiger partial charge in [-0.2, -0.15) is 0 Å². The van der Waals surface area contributed by atoms with Crippen LogP contribution in [0.2, 0.25) is 5.02 Å². The third-order valence-electron chi connectivity index (χ3n) is 2.39. The molecule has 100 valence electrons. The van der Waals surface area contributed by atoms with E-state index < -0.39 is 10.0 Å². The van der Waals surface area contributed by atoms with Gasteiger partial charge in [0.2, 0.25) is 0 Å². The zero-order valence-corrected chi connectivity index (χ0v) is 11.7. The summed E-state index contributed by atoms with van der Waals surface area (Å²) in [6, 6.07) is 7.49. The van der Waals surface area contributed by atoms with Gasteiger partial charge in [-0.3, -0.25) is 9.71 Å². The molecule has 1 heterocycles. The molecule has 0 radical (unpaired) electrons. The van der Waals surface area contributed by atoms with Crippen molar-refractivity contribution in [2.24, 2.45) is 0 Å². The SMILES string of the molecule is Cc1cc(NS(=O)(=O)c2cc(N)ccc2Cl)ccn1. The van der Waals surface area contributed by atoms with Crippen LogP contribution in [-0.4, -0.2) is 13.4 Å². The highest BCUT2D eigenvalue weighted by molar-refractivity contribution is 7.92. The summed E-state index contributed by atoms with van der Waals surface area (Å²) in [6.45, 7) is 1.77. The van der Waals surface area contributed by atoms with E-state index in [0.29, 0.717) is 17.1 Å². The minimum Gasteiger partial charge on any atom is -0.399 e. The van der Waals surface area contributed by atoms with Crippen LogP contribution >= 0.6 is 11.6 Å². The highest BCUT2D eigenvalue weighted by atomic mass is 35.5. The number of benzene rings is 1. The maximum atomic E-state index is 12.2. The van der Waals surface area contributed by atoms with Crippen LogP contribution in [0, 0.1) is 6.92 Å². The van der Waals surface area contributed by atoms with E-state index in [1.54, 1.807) is 19.1 Å². The summed E-state index contributed by atoms with van der Waals surface area (Å²) in [5.74, 6) is 0. The fraction of sp³-hybridized carbons (Fsp3) is 0.0833. The monoisotopic (exact) mass is 297 g/mol. The highest BCUT2D eigenvalue weighted by Crippen LogP contribution is 2.25. The van der Waals surface area contributed by atoms with Crippen LogP contribution in [0.25, 0.3) is 0 Å². The molecular weight excluding hydrogens is 286 g/mol. The van der Waals surface area contributed by atoms with Gasteiger partial charge in [-0.25, -0.2) is 8.42 Å². The van der Waals surface area contributed by atoms with Gasteiger partial charge < -0.3 is 5.73 Å². The number of hydrogen-bond donors (Lipinski definition) is 2. The summed E-state index contributed by atoms with van der Waals surface area (Å²) >= 11 is 5.89. The molecule has 2 aromatic rings. The lowest BCUT2D eigenvalue weighted by molar-refractivity contribution is 0.601. The average molecular weight is 298 g/mol. The predicted octanol–water partition coefficient (Wildman–Crippen LogP) is 2.43. The molecule has 0 bridgehead atoms. The van der Waals surface area contributed by atoms with Crippen molar-refractivity contribution in [1.82, 2.24) is 4.98 Å². The number of sulfonamides is 1. The second kappa shape index (κ2) is 5.07. The van der Waals surface area contributed by atoms with Crippen molar-refractivity contribution in [2.75, 3.05) is 10.5 Å². The Bertz CT molecular complexity index is 717. The third kappa shape index (κ3) is 3.15. The summed E-state index contributed by atoms with van der Waals surface area (Å²) < 4.78 is 26.9. The van der Waals surface area contributed by atoms with Crippen LogP contribution in [0.3, 0.4) is 0 Å². The molecule has 1 aromatic heterocycles. The number of pyridine rings is 1. The first-order valence-electron chi connectivity index (χ1n) is 5.39. The number of anilines is 2. The fourth-order valence-electron chi connectivity index (χ4n) is 1.55. The van der Waals surface area contributed by atoms with Gasteiger partial charge in [-0.15, -0.1) is 0 Å². The zero-order valence-electron chi connectivity index (χ0n) is 10.1. The van der Waals surface area contributed by atoms with Gasteiger partial charge in [0.25, 0.3) is 10.0 Å². The van der Waals surface area contributed by atoms with Crippen molar-refractivity contribution >= 4 is 33.0 Å². The normalized spacial score (nSPS) is 11.3. The lowest BCUT2D eigenvalue weighted by Gasteiger charge is -2.10. The molecule has 2 rings (SSSR count). The number of rotatable bonds is 3. The zero-order chi connectivity index (χ0) is 14.0. The second-order valence-corrected chi connectivity index (χ2v) is 6.04. The Labute approximate surface area is 116 Å². The van der Waals surface area contributed by atoms with Crippen LogP contribution < -0.4 is 10.5 Å². The Kier molecular flexibility index (Phi) is 3.64. The molecule has 0 unspecified atom stereocenters. The van der Waals surface area contributed by atoms with Crippen LogP contribution in [0.5, 0.6) is 0 Å². The van der Waals surface area contributed by atoms with Crippen LogP contribution in [0.4, 0.5) is 11.4 Å². The fourth-order valence-corrected chi connectivity index (χ4v) is 3.13. The highest BCUT2D eigenvalue weighted by Gasteiger charge is 2.18. The van der Waals surface area contributed by atoms with Crippen molar-refractivity contribution in [1.29, 1.82) is 0 Å². The summed E-state index contributed by atoms with van der Waals surface area (Å²) in [5, 5.41) is 0.118. The number of nitrogens with zero attached hydrogens (tertiary/aromatic N) is 1. The van der Waals surface area contributed by atoms with E-state index >= 15 is 0 Å². The molecule has 0 atom stereocenters. The minimum atomic E-state index is -3.77. The first-order chi connectivity index (χ1) is 8.88. The van der Waals surface area contributed by atoms with Gasteiger partial charge in [0.05, 0.1) is 10.7 Å². The predicted molar refractivity (Wildman–Crippen MR) is 75.6 cm³/mol. The maximum absolute atomic E-state index is 12.2. The van der Waals surface area contributed by atoms with Gasteiger partial charge in [0.15, 0.2) is 0 Å². The first-order valence-corrected chi connectivity index (χ1v) is 7.25. The quantitative estimate of drug-likeness (QED) is 0.852. The molecule has 0 spiro atoms. The number of nitrogen functional groups attached to an aromatic ring is 1. The van der Waals surface area contributed by atoms with Crippen molar-refractivity contribution in [3.63, 3.8) is 0 Å². The van der Waals surface area contributed by atoms with Crippen molar-refractivity contribution in [2.45, 2.75) is 11.8 Å². The van der Waals surface area contributed by atoms with Gasteiger partial charge >= 0.3 is 0 Å². The summed E-state index contributed by atoms with van der Waals surface area (Å²) in [6.07, 6.45) is 1.52. The Hall–Kier alpha value is -1.79. The van der Waals surface area contributed by atoms with E-state index in [1.807, 2.05) is 0 Å². The molecule has 19 heavy (non-hydrogen) atoms. The smallest absolute Gasteiger partial charge is 0.263 e. The van der Waals surface area contributed by atoms with E-state index in [-0.39, 0.29) is 9.92 Å². The molecule has 0 amide bonds. The van der Waals surface area contributed by atoms with Gasteiger partial charge in [-0.1, -0.05) is 11.6 Å². The lowest BCUT2D eigenvalue weighted by atomic mass is 10.3. The number of aryl methyl sites for hydroxylation is 1. The number of halogens is 1. The standard InChI is InChI=1S/C12H12ClN3O2S/c1-8-6-10(4-5-15-8)16-19(17,18)12-7-9(14)2-3-11(12)13/h2-7H,14H2,1H3,(H,15,16). The Balaban J connectivity index is 2.40. The number of aromatic nitrogens is 1. The molecule has 7 heteroatoms. The topological polar surface area (TPSA) is 85.1 Å². The summed E-state index contributed by atoms with van der Waals surface area (Å²) in [5.41, 5.74) is 7.04. The number of hydrogen-bond acceptors (Lipinski definition) is 4. The van der Waals surface area contributed by atoms with Gasteiger partial charge in [0.1, 0.15) is 4.90 Å². The molecule has 1 aromatic carbocycles. The van der Waals surface area contributed by atoms with E-state index in [4.69, 9.17) is 17.3 Å². The average Bonchev–Trinajstić information content (AvgIpc) is 2.31. The number of nitrogens with one attached hydrogen (secondary N) is 1. The molecule has 0 fully saturated rings. The lowest BCUT2D eigenvalue weighted by Crippen LogP contribution is -2.14. The maximum Gasteiger partial charge on any atom is 0.263 e. The molecule has 5 nitrogen and oxygen atoms in total. The Morgan fingerprint density at radius 2 is 2.00 bits per heavy atom. The van der Waals surface area contributed by atoms with E-state index in [2.05, 4.69) is 9.71 Å². The van der Waals surface area contributed by atoms with E-state index in [1.165, 1.54) is 24.4 Å². The van der Waals surface area contributed by atoms with Gasteiger partial charge in [-0.05, 0) is 37.3 Å². The molecule has 0 saturated carbocycles. The third-order valence-corrected chi connectivity index (χ3v) is 4.26. The molecular formula is C12H12ClN3O2S. The van der Waals surface area contributed by atoms with Crippen molar-refractivity contribution in [3.8, 4) is 0 Å². The second-order valence-electron chi connectivity index (χ2n) is 3.98. The number of nitrogens with two attached hydrogens (primary N) is 1. The first kappa shape index (κ1) is 13.6. The van der Waals surface area contributed by atoms with Crippen LogP contribution in [-0.2, 0) is 10.0 Å². The summed E-state index contributed by atoms with van der Waals surface area (Å²) in [4.78, 5) is 3.94. The van der Waals surface area contributed by atoms with Crippen LogP contribution in [0.1, 0.15) is 5.69 Å². The van der Waals surface area contributed by atoms with Crippen molar-refractivity contribution < 1.29 is 8.42 Å². The molecule has 3 N–H and O–H groups in total. The minimum absolute atomic E-state index is 0.0522. The largest absolute Gasteiger partial charge is 0.399 e. The Morgan fingerprint density at radius 1 is 1.26 bits per heavy atom. The molecule has 0 aliphatic carbocycles. The Morgan fingerprint density at radius 3 is 2.68 bits per heavy atom. The van der Waals surface area contributed by atoms with Crippen molar-refractivity contribution in [3.05, 3.63) is 47.2 Å². The van der Waals surface area contributed by atoms with Crippen LogP contribution in [0.15, 0.2) is 41.4 Å². The molecule has 0 aliphatic rings. The summed E-state index contributed by atoms with van der Waals surface area (Å²) in [7, 11) is -3.77. The van der Waals surface area contributed by atoms with E-state index in [0.717, 1.165) is 0 Å². The molecule has 0 saturated heterocycles. The van der Waals surface area contributed by atoms with Gasteiger partial charge in [0, 0.05) is 17.6 Å².